The quantitative estimate of drug-likeness (QED) is 0.756. The van der Waals surface area contributed by atoms with Gasteiger partial charge in [-0.15, -0.1) is 0 Å². The first-order valence-electron chi connectivity index (χ1n) is 5.51. The molecule has 0 amide bonds. The average molecular weight is 256 g/mol. The van der Waals surface area contributed by atoms with E-state index in [1.807, 2.05) is 0 Å². The van der Waals surface area contributed by atoms with Crippen LogP contribution in [0.3, 0.4) is 0 Å². The summed E-state index contributed by atoms with van der Waals surface area (Å²) < 4.78 is 42.6. The van der Waals surface area contributed by atoms with Crippen LogP contribution in [0.2, 0.25) is 0 Å². The second-order valence-corrected chi connectivity index (χ2v) is 4.03. The minimum Gasteiger partial charge on any atom is -0.501 e. The molecular formula is C13H11F3O2. The highest BCUT2D eigenvalue weighted by Gasteiger charge is 2.31. The molecule has 0 radical (unpaired) electrons. The SMILES string of the molecule is O=C(C1=COCCC1)c1cccc(C(F)(F)F)c1. The second kappa shape index (κ2) is 4.84. The van der Waals surface area contributed by atoms with Crippen molar-refractivity contribution in [2.45, 2.75) is 19.0 Å². The van der Waals surface area contributed by atoms with Crippen molar-refractivity contribution >= 4 is 5.78 Å². The van der Waals surface area contributed by atoms with Gasteiger partial charge in [-0.25, -0.2) is 0 Å². The lowest BCUT2D eigenvalue weighted by molar-refractivity contribution is -0.137. The third-order valence-corrected chi connectivity index (χ3v) is 2.68. The van der Waals surface area contributed by atoms with Gasteiger partial charge in [0.1, 0.15) is 0 Å². The third-order valence-electron chi connectivity index (χ3n) is 2.68. The molecule has 1 aromatic rings. The van der Waals surface area contributed by atoms with Crippen molar-refractivity contribution < 1.29 is 22.7 Å². The number of Topliss-reactive ketones (excluding diaryl/α,β-unsaturated/α-hetero) is 1. The summed E-state index contributed by atoms with van der Waals surface area (Å²) in [6, 6.07) is 4.44. The lowest BCUT2D eigenvalue weighted by Gasteiger charge is -2.13. The van der Waals surface area contributed by atoms with Crippen LogP contribution in [0, 0.1) is 0 Å². The summed E-state index contributed by atoms with van der Waals surface area (Å²) in [7, 11) is 0. The number of ketones is 1. The van der Waals surface area contributed by atoms with Gasteiger partial charge in [-0.1, -0.05) is 12.1 Å². The molecule has 0 fully saturated rings. The number of rotatable bonds is 2. The first-order chi connectivity index (χ1) is 8.48. The van der Waals surface area contributed by atoms with Gasteiger partial charge in [0, 0.05) is 11.1 Å². The number of carbonyl (C=O) groups excluding carboxylic acids is 1. The molecule has 0 bridgehead atoms. The number of ether oxygens (including phenoxy) is 1. The van der Waals surface area contributed by atoms with Crippen molar-refractivity contribution in [3.05, 3.63) is 47.2 Å². The summed E-state index contributed by atoms with van der Waals surface area (Å²) in [5, 5.41) is 0. The molecule has 0 N–H and O–H groups in total. The summed E-state index contributed by atoms with van der Waals surface area (Å²) >= 11 is 0. The molecule has 0 aliphatic carbocycles. The number of hydrogen-bond acceptors (Lipinski definition) is 2. The van der Waals surface area contributed by atoms with Crippen molar-refractivity contribution in [3.63, 3.8) is 0 Å². The zero-order chi connectivity index (χ0) is 13.2. The maximum absolute atomic E-state index is 12.5. The fraction of sp³-hybridized carbons (Fsp3) is 0.308. The van der Waals surface area contributed by atoms with Gasteiger partial charge in [-0.05, 0) is 25.0 Å². The molecule has 5 heteroatoms. The predicted molar refractivity (Wildman–Crippen MR) is 59.0 cm³/mol. The van der Waals surface area contributed by atoms with E-state index in [9.17, 15) is 18.0 Å². The van der Waals surface area contributed by atoms with Crippen LogP contribution < -0.4 is 0 Å². The molecule has 0 atom stereocenters. The van der Waals surface area contributed by atoms with E-state index in [0.717, 1.165) is 12.1 Å². The van der Waals surface area contributed by atoms with Crippen LogP contribution in [0.25, 0.3) is 0 Å². The fourth-order valence-electron chi connectivity index (χ4n) is 1.75. The molecule has 2 rings (SSSR count). The number of allylic oxidation sites excluding steroid dienone is 1. The number of alkyl halides is 3. The topological polar surface area (TPSA) is 26.3 Å². The van der Waals surface area contributed by atoms with E-state index < -0.39 is 17.5 Å². The Hall–Kier alpha value is -1.78. The Labute approximate surface area is 102 Å². The van der Waals surface area contributed by atoms with Crippen LogP contribution in [-0.2, 0) is 10.9 Å². The molecule has 0 aromatic heterocycles. The van der Waals surface area contributed by atoms with Crippen molar-refractivity contribution in [3.8, 4) is 0 Å². The monoisotopic (exact) mass is 256 g/mol. The predicted octanol–water partition coefficient (Wildman–Crippen LogP) is 3.58. The molecule has 0 saturated heterocycles. The van der Waals surface area contributed by atoms with Crippen LogP contribution in [0.4, 0.5) is 13.2 Å². The maximum atomic E-state index is 12.5. The average Bonchev–Trinajstić information content (AvgIpc) is 2.38. The van der Waals surface area contributed by atoms with Crippen LogP contribution >= 0.6 is 0 Å². The highest BCUT2D eigenvalue weighted by molar-refractivity contribution is 6.08. The smallest absolute Gasteiger partial charge is 0.416 e. The standard InChI is InChI=1S/C13H11F3O2/c14-13(15,16)11-5-1-3-9(7-11)12(17)10-4-2-6-18-8-10/h1,3,5,7-8H,2,4,6H2. The Kier molecular flexibility index (Phi) is 3.41. The van der Waals surface area contributed by atoms with Crippen molar-refractivity contribution in [2.24, 2.45) is 0 Å². The first kappa shape index (κ1) is 12.7. The summed E-state index contributed by atoms with van der Waals surface area (Å²) in [5.74, 6) is -0.402. The lowest BCUT2D eigenvalue weighted by atomic mass is 9.98. The summed E-state index contributed by atoms with van der Waals surface area (Å²) in [6.07, 6.45) is -1.86. The summed E-state index contributed by atoms with van der Waals surface area (Å²) in [4.78, 5) is 12.0. The molecule has 0 saturated carbocycles. The highest BCUT2D eigenvalue weighted by atomic mass is 19.4. The molecule has 1 aliphatic rings. The van der Waals surface area contributed by atoms with Gasteiger partial charge in [-0.3, -0.25) is 4.79 Å². The zero-order valence-corrected chi connectivity index (χ0v) is 9.46. The fourth-order valence-corrected chi connectivity index (χ4v) is 1.75. The van der Waals surface area contributed by atoms with E-state index in [1.165, 1.54) is 18.4 Å². The largest absolute Gasteiger partial charge is 0.501 e. The molecule has 18 heavy (non-hydrogen) atoms. The number of benzene rings is 1. The molecule has 1 heterocycles. The Morgan fingerprint density at radius 2 is 2.06 bits per heavy atom. The lowest BCUT2D eigenvalue weighted by Crippen LogP contribution is -2.11. The van der Waals surface area contributed by atoms with Crippen molar-refractivity contribution in [2.75, 3.05) is 6.61 Å². The van der Waals surface area contributed by atoms with Gasteiger partial charge < -0.3 is 4.74 Å². The summed E-state index contributed by atoms with van der Waals surface area (Å²) in [5.41, 5.74) is -0.354. The summed E-state index contributed by atoms with van der Waals surface area (Å²) in [6.45, 7) is 0.541. The number of hydrogen-bond donors (Lipinski definition) is 0. The van der Waals surface area contributed by atoms with Crippen LogP contribution in [0.1, 0.15) is 28.8 Å². The first-order valence-corrected chi connectivity index (χ1v) is 5.51. The molecule has 1 aromatic carbocycles. The van der Waals surface area contributed by atoms with Gasteiger partial charge in [0.15, 0.2) is 5.78 Å². The van der Waals surface area contributed by atoms with Crippen molar-refractivity contribution in [1.82, 2.24) is 0 Å². The van der Waals surface area contributed by atoms with Gasteiger partial charge in [0.2, 0.25) is 0 Å². The molecule has 1 aliphatic heterocycles. The van der Waals surface area contributed by atoms with Crippen LogP contribution in [0.15, 0.2) is 36.1 Å². The zero-order valence-electron chi connectivity index (χ0n) is 9.46. The molecule has 96 valence electrons. The van der Waals surface area contributed by atoms with E-state index in [0.29, 0.717) is 25.0 Å². The Morgan fingerprint density at radius 1 is 1.28 bits per heavy atom. The van der Waals surface area contributed by atoms with Crippen LogP contribution in [-0.4, -0.2) is 12.4 Å². The Balaban J connectivity index is 2.28. The molecule has 0 unspecified atom stereocenters. The normalized spacial score (nSPS) is 15.8. The Morgan fingerprint density at radius 3 is 2.67 bits per heavy atom. The molecule has 0 spiro atoms. The van der Waals surface area contributed by atoms with E-state index in [1.54, 1.807) is 0 Å². The van der Waals surface area contributed by atoms with E-state index in [2.05, 4.69) is 0 Å². The number of carbonyl (C=O) groups is 1. The maximum Gasteiger partial charge on any atom is 0.416 e. The van der Waals surface area contributed by atoms with Gasteiger partial charge in [0.05, 0.1) is 18.4 Å². The molecule has 2 nitrogen and oxygen atoms in total. The van der Waals surface area contributed by atoms with E-state index in [4.69, 9.17) is 4.74 Å². The minimum absolute atomic E-state index is 0.0431. The highest BCUT2D eigenvalue weighted by Crippen LogP contribution is 2.30. The van der Waals surface area contributed by atoms with Crippen molar-refractivity contribution in [1.29, 1.82) is 0 Å². The van der Waals surface area contributed by atoms with E-state index in [-0.39, 0.29) is 5.56 Å². The third kappa shape index (κ3) is 2.72. The van der Waals surface area contributed by atoms with Gasteiger partial charge in [-0.2, -0.15) is 13.2 Å². The second-order valence-electron chi connectivity index (χ2n) is 4.03. The Bertz CT molecular complexity index is 489. The minimum atomic E-state index is -4.44. The van der Waals surface area contributed by atoms with Crippen LogP contribution in [0.5, 0.6) is 0 Å². The van der Waals surface area contributed by atoms with Gasteiger partial charge in [0.25, 0.3) is 0 Å². The van der Waals surface area contributed by atoms with Gasteiger partial charge >= 0.3 is 6.18 Å². The number of halogens is 3. The van der Waals surface area contributed by atoms with E-state index >= 15 is 0 Å². The molecular weight excluding hydrogens is 245 g/mol.